The quantitative estimate of drug-likeness (QED) is 0.546. The molecule has 0 bridgehead atoms. The molecule has 0 heterocycles. The predicted octanol–water partition coefficient (Wildman–Crippen LogP) is 0.819. The van der Waals surface area contributed by atoms with Crippen LogP contribution in [-0.4, -0.2) is 20.3 Å². The Morgan fingerprint density at radius 2 is 1.94 bits per heavy atom. The molecule has 1 atom stereocenters. The van der Waals surface area contributed by atoms with E-state index in [1.165, 1.54) is 12.1 Å². The fourth-order valence-corrected chi connectivity index (χ4v) is 2.98. The van der Waals surface area contributed by atoms with E-state index in [0.29, 0.717) is 0 Å². The molecule has 1 unspecified atom stereocenters. The Balaban J connectivity index is 2.20. The molecule has 1 aliphatic rings. The molecule has 1 fully saturated rings. The lowest BCUT2D eigenvalue weighted by atomic mass is 10.2. The van der Waals surface area contributed by atoms with Gasteiger partial charge in [-0.2, -0.15) is 0 Å². The van der Waals surface area contributed by atoms with Crippen LogP contribution >= 0.6 is 0 Å². The first kappa shape index (κ1) is 13.0. The van der Waals surface area contributed by atoms with Crippen LogP contribution in [0.5, 0.6) is 0 Å². The highest BCUT2D eigenvalue weighted by atomic mass is 32.2. The van der Waals surface area contributed by atoms with Crippen molar-refractivity contribution < 1.29 is 12.8 Å². The molecule has 2 rings (SSSR count). The molecule has 0 spiro atoms. The number of nitrogens with one attached hydrogen (secondary N) is 2. The fourth-order valence-electron chi connectivity index (χ4n) is 1.69. The van der Waals surface area contributed by atoms with E-state index < -0.39 is 21.9 Å². The summed E-state index contributed by atoms with van der Waals surface area (Å²) in [5, 5.41) is 7.39. The van der Waals surface area contributed by atoms with Gasteiger partial charge >= 0.3 is 0 Å². The van der Waals surface area contributed by atoms with E-state index in [4.69, 9.17) is 11.1 Å². The van der Waals surface area contributed by atoms with Crippen molar-refractivity contribution in [3.63, 3.8) is 0 Å². The van der Waals surface area contributed by atoms with Crippen LogP contribution in [0.25, 0.3) is 0 Å². The molecule has 0 radical (unpaired) electrons. The first-order valence-electron chi connectivity index (χ1n) is 5.52. The third-order valence-electron chi connectivity index (χ3n) is 2.83. The number of halogens is 1. The monoisotopic (exact) mass is 271 g/mol. The lowest BCUT2D eigenvalue weighted by Crippen LogP contribution is -2.45. The molecule has 98 valence electrons. The van der Waals surface area contributed by atoms with Crippen molar-refractivity contribution in [2.24, 2.45) is 11.7 Å². The van der Waals surface area contributed by atoms with Gasteiger partial charge in [-0.05, 0) is 43.0 Å². The average molecular weight is 271 g/mol. The maximum absolute atomic E-state index is 12.7. The van der Waals surface area contributed by atoms with Gasteiger partial charge in [-0.15, -0.1) is 0 Å². The Hall–Kier alpha value is -1.47. The van der Waals surface area contributed by atoms with E-state index in [1.807, 2.05) is 0 Å². The number of hydrogen-bond acceptors (Lipinski definition) is 3. The van der Waals surface area contributed by atoms with Crippen molar-refractivity contribution in [3.8, 4) is 0 Å². The Labute approximate surface area is 105 Å². The molecule has 0 amide bonds. The van der Waals surface area contributed by atoms with Gasteiger partial charge in [-0.3, -0.25) is 5.41 Å². The zero-order valence-corrected chi connectivity index (χ0v) is 10.4. The molecular formula is C11H14FN3O2S. The fraction of sp³-hybridized carbons (Fsp3) is 0.364. The summed E-state index contributed by atoms with van der Waals surface area (Å²) in [6, 6.07) is 3.85. The van der Waals surface area contributed by atoms with E-state index in [0.717, 1.165) is 25.0 Å². The molecule has 1 aromatic rings. The molecular weight excluding hydrogens is 257 g/mol. The molecule has 5 nitrogen and oxygen atoms in total. The van der Waals surface area contributed by atoms with Gasteiger partial charge in [0.05, 0.1) is 10.9 Å². The summed E-state index contributed by atoms with van der Waals surface area (Å²) in [5.41, 5.74) is 5.38. The second-order valence-corrected chi connectivity index (χ2v) is 6.06. The Kier molecular flexibility index (Phi) is 3.36. The van der Waals surface area contributed by atoms with Crippen molar-refractivity contribution in [1.29, 1.82) is 5.41 Å². The molecule has 1 aromatic carbocycles. The molecule has 0 aliphatic heterocycles. The lowest BCUT2D eigenvalue weighted by molar-refractivity contribution is 0.562. The van der Waals surface area contributed by atoms with Crippen molar-refractivity contribution in [2.45, 2.75) is 23.8 Å². The second-order valence-electron chi connectivity index (χ2n) is 4.35. The van der Waals surface area contributed by atoms with Gasteiger partial charge in [0.1, 0.15) is 11.7 Å². The zero-order valence-electron chi connectivity index (χ0n) is 9.56. The standard InChI is InChI=1S/C11H14FN3O2S/c12-8-3-5-9(6-4-8)18(16,17)15-10(11(13)14)7-1-2-7/h3-7,10,15H,1-2H2,(H3,13,14). The van der Waals surface area contributed by atoms with E-state index in [-0.39, 0.29) is 16.6 Å². The lowest BCUT2D eigenvalue weighted by Gasteiger charge is -2.16. The average Bonchev–Trinajstić information content (AvgIpc) is 3.10. The van der Waals surface area contributed by atoms with Crippen LogP contribution in [-0.2, 0) is 10.0 Å². The van der Waals surface area contributed by atoms with E-state index >= 15 is 0 Å². The Morgan fingerprint density at radius 1 is 1.39 bits per heavy atom. The third-order valence-corrected chi connectivity index (χ3v) is 4.29. The number of amidine groups is 1. The Morgan fingerprint density at radius 3 is 2.39 bits per heavy atom. The van der Waals surface area contributed by atoms with Crippen LogP contribution in [0.2, 0.25) is 0 Å². The number of sulfonamides is 1. The number of rotatable bonds is 5. The maximum atomic E-state index is 12.7. The molecule has 0 saturated heterocycles. The smallest absolute Gasteiger partial charge is 0.241 e. The molecule has 1 saturated carbocycles. The minimum atomic E-state index is -3.76. The highest BCUT2D eigenvalue weighted by Crippen LogP contribution is 2.33. The van der Waals surface area contributed by atoms with Crippen LogP contribution in [0.3, 0.4) is 0 Å². The molecule has 4 N–H and O–H groups in total. The summed E-state index contributed by atoms with van der Waals surface area (Å²) in [4.78, 5) is -0.0317. The van der Waals surface area contributed by atoms with E-state index in [1.54, 1.807) is 0 Å². The van der Waals surface area contributed by atoms with Crippen LogP contribution in [0.15, 0.2) is 29.2 Å². The zero-order chi connectivity index (χ0) is 13.3. The van der Waals surface area contributed by atoms with Crippen molar-refractivity contribution in [2.75, 3.05) is 0 Å². The second kappa shape index (κ2) is 4.66. The predicted molar refractivity (Wildman–Crippen MR) is 65.1 cm³/mol. The van der Waals surface area contributed by atoms with Gasteiger partial charge < -0.3 is 5.73 Å². The first-order chi connectivity index (χ1) is 8.40. The number of hydrogen-bond donors (Lipinski definition) is 3. The van der Waals surface area contributed by atoms with Gasteiger partial charge in [0.2, 0.25) is 10.0 Å². The highest BCUT2D eigenvalue weighted by Gasteiger charge is 2.36. The van der Waals surface area contributed by atoms with Gasteiger partial charge in [0.15, 0.2) is 0 Å². The molecule has 0 aromatic heterocycles. The van der Waals surface area contributed by atoms with E-state index in [2.05, 4.69) is 4.72 Å². The van der Waals surface area contributed by atoms with Crippen molar-refractivity contribution >= 4 is 15.9 Å². The highest BCUT2D eigenvalue weighted by molar-refractivity contribution is 7.89. The van der Waals surface area contributed by atoms with Crippen LogP contribution in [0.1, 0.15) is 12.8 Å². The van der Waals surface area contributed by atoms with Crippen molar-refractivity contribution in [3.05, 3.63) is 30.1 Å². The topological polar surface area (TPSA) is 96.0 Å². The SMILES string of the molecule is N=C(N)C(NS(=O)(=O)c1ccc(F)cc1)C1CC1. The minimum Gasteiger partial charge on any atom is -0.386 e. The summed E-state index contributed by atoms with van der Waals surface area (Å²) < 4.78 is 39.1. The third kappa shape index (κ3) is 2.85. The number of benzene rings is 1. The van der Waals surface area contributed by atoms with Crippen LogP contribution < -0.4 is 10.5 Å². The summed E-state index contributed by atoms with van der Waals surface area (Å²) in [6.45, 7) is 0. The molecule has 7 heteroatoms. The van der Waals surface area contributed by atoms with Gasteiger partial charge in [-0.1, -0.05) is 0 Å². The largest absolute Gasteiger partial charge is 0.386 e. The Bertz CT molecular complexity index is 552. The maximum Gasteiger partial charge on any atom is 0.241 e. The van der Waals surface area contributed by atoms with Gasteiger partial charge in [0.25, 0.3) is 0 Å². The van der Waals surface area contributed by atoms with Crippen LogP contribution in [0, 0.1) is 17.1 Å². The van der Waals surface area contributed by atoms with E-state index in [9.17, 15) is 12.8 Å². The van der Waals surface area contributed by atoms with Crippen LogP contribution in [0.4, 0.5) is 4.39 Å². The first-order valence-corrected chi connectivity index (χ1v) is 7.00. The molecule has 18 heavy (non-hydrogen) atoms. The number of nitrogens with two attached hydrogens (primary N) is 1. The summed E-state index contributed by atoms with van der Waals surface area (Å²) in [6.07, 6.45) is 1.71. The van der Waals surface area contributed by atoms with Gasteiger partial charge in [0, 0.05) is 0 Å². The van der Waals surface area contributed by atoms with Crippen molar-refractivity contribution in [1.82, 2.24) is 4.72 Å². The molecule has 1 aliphatic carbocycles. The normalized spacial score (nSPS) is 17.4. The summed E-state index contributed by atoms with van der Waals surface area (Å²) >= 11 is 0. The van der Waals surface area contributed by atoms with Gasteiger partial charge in [-0.25, -0.2) is 17.5 Å². The minimum absolute atomic E-state index is 0.0317. The summed E-state index contributed by atoms with van der Waals surface area (Å²) in [7, 11) is -3.76. The summed E-state index contributed by atoms with van der Waals surface area (Å²) in [5.74, 6) is -0.597.